The second-order valence-electron chi connectivity index (χ2n) is 6.52. The third kappa shape index (κ3) is 3.91. The molecule has 1 fully saturated rings. The van der Waals surface area contributed by atoms with Crippen LogP contribution in [-0.4, -0.2) is 36.8 Å². The molecule has 0 aliphatic carbocycles. The average molecular weight is 328 g/mol. The number of benzene rings is 1. The molecule has 1 atom stereocenters. The van der Waals surface area contributed by atoms with Crippen LogP contribution in [0, 0.1) is 6.92 Å². The van der Waals surface area contributed by atoms with Crippen molar-refractivity contribution in [3.63, 3.8) is 0 Å². The topological polar surface area (TPSA) is 60.5 Å². The molecule has 1 aromatic carbocycles. The number of carbonyl (C=O) groups is 1. The molecule has 1 N–H and O–H groups in total. The summed E-state index contributed by atoms with van der Waals surface area (Å²) >= 11 is 0. The van der Waals surface area contributed by atoms with E-state index in [-0.39, 0.29) is 11.5 Å². The van der Waals surface area contributed by atoms with Crippen LogP contribution < -0.4 is 5.32 Å². The zero-order valence-electron chi connectivity index (χ0n) is 14.3. The molecule has 1 aliphatic rings. The van der Waals surface area contributed by atoms with E-state index in [0.29, 0.717) is 19.6 Å². The number of aromatic nitrogens is 1. The fourth-order valence-electron chi connectivity index (χ4n) is 3.22. The lowest BCUT2D eigenvalue weighted by atomic mass is 9.88. The molecule has 128 valence electrons. The maximum atomic E-state index is 11.8. The molecule has 2 aromatic rings. The van der Waals surface area contributed by atoms with Gasteiger partial charge in [0.25, 0.3) is 0 Å². The predicted molar refractivity (Wildman–Crippen MR) is 92.7 cm³/mol. The lowest BCUT2D eigenvalue weighted by molar-refractivity contribution is -0.144. The summed E-state index contributed by atoms with van der Waals surface area (Å²) in [6, 6.07) is 10.4. The first-order valence-corrected chi connectivity index (χ1v) is 8.36. The number of aryl methyl sites for hydroxylation is 1. The Hall–Kier alpha value is -1.98. The average Bonchev–Trinajstić information content (AvgIpc) is 2.60. The first kappa shape index (κ1) is 16.9. The maximum Gasteiger partial charge on any atom is 0.307 e. The number of hydrogen-bond donors (Lipinski definition) is 1. The van der Waals surface area contributed by atoms with Crippen LogP contribution in [0.25, 0.3) is 10.9 Å². The number of esters is 1. The molecule has 0 saturated carbocycles. The summed E-state index contributed by atoms with van der Waals surface area (Å²) in [5, 5.41) is 4.67. The minimum atomic E-state index is -0.341. The second kappa shape index (κ2) is 7.28. The van der Waals surface area contributed by atoms with Gasteiger partial charge in [0.15, 0.2) is 0 Å². The highest BCUT2D eigenvalue weighted by Crippen LogP contribution is 2.24. The number of fused-ring (bicyclic) bond motifs is 1. The van der Waals surface area contributed by atoms with Crippen molar-refractivity contribution in [2.75, 3.05) is 20.3 Å². The van der Waals surface area contributed by atoms with Gasteiger partial charge in [0, 0.05) is 24.2 Å². The number of methoxy groups -OCH3 is 1. The highest BCUT2D eigenvalue weighted by atomic mass is 16.5. The van der Waals surface area contributed by atoms with Crippen molar-refractivity contribution in [3.05, 3.63) is 41.6 Å². The van der Waals surface area contributed by atoms with Gasteiger partial charge >= 0.3 is 5.97 Å². The van der Waals surface area contributed by atoms with Gasteiger partial charge in [-0.3, -0.25) is 9.78 Å². The summed E-state index contributed by atoms with van der Waals surface area (Å²) in [6.45, 7) is 3.97. The Kier molecular flexibility index (Phi) is 5.11. The number of carbonyl (C=O) groups excluding carboxylic acids is 1. The summed E-state index contributed by atoms with van der Waals surface area (Å²) < 4.78 is 10.5. The fourth-order valence-corrected chi connectivity index (χ4v) is 3.22. The Bertz CT molecular complexity index is 724. The van der Waals surface area contributed by atoms with E-state index in [0.717, 1.165) is 36.0 Å². The summed E-state index contributed by atoms with van der Waals surface area (Å²) in [5.41, 5.74) is 2.85. The van der Waals surface area contributed by atoms with Crippen molar-refractivity contribution < 1.29 is 14.3 Å². The normalized spacial score (nSPS) is 20.9. The van der Waals surface area contributed by atoms with Crippen molar-refractivity contribution in [1.29, 1.82) is 0 Å². The number of nitrogens with zero attached hydrogens (tertiary/aromatic N) is 1. The van der Waals surface area contributed by atoms with Gasteiger partial charge in [-0.15, -0.1) is 0 Å². The highest BCUT2D eigenvalue weighted by Gasteiger charge is 2.35. The number of pyridine rings is 1. The Morgan fingerprint density at radius 1 is 1.38 bits per heavy atom. The lowest BCUT2D eigenvalue weighted by Gasteiger charge is -2.37. The van der Waals surface area contributed by atoms with Crippen LogP contribution in [-0.2, 0) is 20.8 Å². The van der Waals surface area contributed by atoms with Gasteiger partial charge in [0.1, 0.15) is 0 Å². The van der Waals surface area contributed by atoms with E-state index in [2.05, 4.69) is 28.5 Å². The van der Waals surface area contributed by atoms with E-state index in [4.69, 9.17) is 9.47 Å². The number of nitrogens with one attached hydrogen (secondary N) is 1. The van der Waals surface area contributed by atoms with Crippen molar-refractivity contribution in [2.45, 2.75) is 38.3 Å². The molecule has 1 aliphatic heterocycles. The van der Waals surface area contributed by atoms with E-state index >= 15 is 0 Å². The van der Waals surface area contributed by atoms with Crippen molar-refractivity contribution in [1.82, 2.24) is 10.3 Å². The molecule has 1 saturated heterocycles. The molecule has 24 heavy (non-hydrogen) atoms. The van der Waals surface area contributed by atoms with E-state index in [1.54, 1.807) is 0 Å². The maximum absolute atomic E-state index is 11.8. The van der Waals surface area contributed by atoms with Crippen LogP contribution in [0.3, 0.4) is 0 Å². The highest BCUT2D eigenvalue weighted by molar-refractivity contribution is 5.79. The van der Waals surface area contributed by atoms with Crippen LogP contribution in [0.5, 0.6) is 0 Å². The summed E-state index contributed by atoms with van der Waals surface area (Å²) in [7, 11) is 1.43. The van der Waals surface area contributed by atoms with E-state index in [1.807, 2.05) is 19.1 Å². The third-order valence-electron chi connectivity index (χ3n) is 4.59. The van der Waals surface area contributed by atoms with E-state index < -0.39 is 0 Å². The van der Waals surface area contributed by atoms with Crippen LogP contribution in [0.15, 0.2) is 30.3 Å². The Morgan fingerprint density at radius 3 is 3.00 bits per heavy atom. The summed E-state index contributed by atoms with van der Waals surface area (Å²) in [4.78, 5) is 16.3. The Balaban J connectivity index is 1.74. The quantitative estimate of drug-likeness (QED) is 0.855. The molecule has 1 aromatic heterocycles. The van der Waals surface area contributed by atoms with Gasteiger partial charge in [-0.1, -0.05) is 12.1 Å². The Morgan fingerprint density at radius 2 is 2.25 bits per heavy atom. The van der Waals surface area contributed by atoms with Crippen LogP contribution in [0.4, 0.5) is 0 Å². The van der Waals surface area contributed by atoms with Crippen molar-refractivity contribution in [2.24, 2.45) is 0 Å². The van der Waals surface area contributed by atoms with Gasteiger partial charge in [0.05, 0.1) is 31.2 Å². The zero-order chi connectivity index (χ0) is 17.0. The molecular weight excluding hydrogens is 304 g/mol. The van der Waals surface area contributed by atoms with Crippen LogP contribution >= 0.6 is 0 Å². The third-order valence-corrected chi connectivity index (χ3v) is 4.59. The summed E-state index contributed by atoms with van der Waals surface area (Å²) in [5.74, 6) is -0.203. The van der Waals surface area contributed by atoms with Gasteiger partial charge in [-0.2, -0.15) is 0 Å². The molecule has 0 radical (unpaired) electrons. The molecule has 5 nitrogen and oxygen atoms in total. The fraction of sp³-hybridized carbons (Fsp3) is 0.474. The molecule has 5 heteroatoms. The van der Waals surface area contributed by atoms with Gasteiger partial charge in [-0.05, 0) is 43.5 Å². The molecule has 0 unspecified atom stereocenters. The molecule has 3 rings (SSSR count). The predicted octanol–water partition coefficient (Wildman–Crippen LogP) is 2.75. The first-order valence-electron chi connectivity index (χ1n) is 8.36. The SMILES string of the molecule is COC(=O)C[C@]1(NCc2ccc3nc(C)ccc3c2)CCCOC1. The number of ether oxygens (including phenoxy) is 2. The second-order valence-corrected chi connectivity index (χ2v) is 6.52. The molecule has 0 amide bonds. The van der Waals surface area contributed by atoms with Crippen LogP contribution in [0.1, 0.15) is 30.5 Å². The van der Waals surface area contributed by atoms with Crippen molar-refractivity contribution >= 4 is 16.9 Å². The smallest absolute Gasteiger partial charge is 0.307 e. The number of hydrogen-bond acceptors (Lipinski definition) is 5. The van der Waals surface area contributed by atoms with Gasteiger partial charge < -0.3 is 14.8 Å². The van der Waals surface area contributed by atoms with Crippen LogP contribution in [0.2, 0.25) is 0 Å². The zero-order valence-corrected chi connectivity index (χ0v) is 14.3. The van der Waals surface area contributed by atoms with E-state index in [9.17, 15) is 4.79 Å². The summed E-state index contributed by atoms with van der Waals surface area (Å²) in [6.07, 6.45) is 2.19. The van der Waals surface area contributed by atoms with E-state index in [1.165, 1.54) is 12.7 Å². The minimum absolute atomic E-state index is 0.203. The molecule has 0 bridgehead atoms. The molecule has 2 heterocycles. The molecule has 0 spiro atoms. The van der Waals surface area contributed by atoms with Gasteiger partial charge in [0.2, 0.25) is 0 Å². The monoisotopic (exact) mass is 328 g/mol. The standard InChI is InChI=1S/C19H24N2O3/c1-14-4-6-16-10-15(5-7-17(16)21-14)12-20-19(11-18(22)23-2)8-3-9-24-13-19/h4-7,10,20H,3,8-9,11-13H2,1-2H3/t19-/m1/s1. The molecular formula is C19H24N2O3. The van der Waals surface area contributed by atoms with Gasteiger partial charge in [-0.25, -0.2) is 0 Å². The minimum Gasteiger partial charge on any atom is -0.469 e. The lowest BCUT2D eigenvalue weighted by Crippen LogP contribution is -2.52. The largest absolute Gasteiger partial charge is 0.469 e. The number of rotatable bonds is 5. The first-order chi connectivity index (χ1) is 11.6. The van der Waals surface area contributed by atoms with Crippen molar-refractivity contribution in [3.8, 4) is 0 Å². The Labute approximate surface area is 142 Å².